The molecule has 0 saturated heterocycles. The van der Waals surface area contributed by atoms with Gasteiger partial charge in [-0.05, 0) is 42.8 Å². The predicted molar refractivity (Wildman–Crippen MR) is 83.3 cm³/mol. The number of ether oxygens (including phenoxy) is 1. The molecule has 1 atom stereocenters. The van der Waals surface area contributed by atoms with Crippen molar-refractivity contribution in [1.82, 2.24) is 0 Å². The highest BCUT2D eigenvalue weighted by atomic mass is 79.9. The standard InChI is InChI=1S/C14H12BrCl2NO/c1-8(18)9-2-4-13(11(16)6-9)19-14-5-3-10(15)7-12(14)17/h2-8H,18H2,1H3/t8-/m1/s1. The highest BCUT2D eigenvalue weighted by Gasteiger charge is 2.09. The summed E-state index contributed by atoms with van der Waals surface area (Å²) in [7, 11) is 0. The van der Waals surface area contributed by atoms with Crippen molar-refractivity contribution in [2.24, 2.45) is 5.73 Å². The summed E-state index contributed by atoms with van der Waals surface area (Å²) in [5, 5.41) is 1.02. The van der Waals surface area contributed by atoms with Gasteiger partial charge in [0.1, 0.15) is 11.5 Å². The summed E-state index contributed by atoms with van der Waals surface area (Å²) >= 11 is 15.6. The van der Waals surface area contributed by atoms with Crippen LogP contribution in [0.4, 0.5) is 0 Å². The Balaban J connectivity index is 2.28. The number of hydrogen-bond donors (Lipinski definition) is 1. The Kier molecular flexibility index (Phi) is 4.74. The Morgan fingerprint density at radius 2 is 1.63 bits per heavy atom. The third-order valence-electron chi connectivity index (χ3n) is 2.60. The van der Waals surface area contributed by atoms with Crippen LogP contribution in [0.1, 0.15) is 18.5 Å². The van der Waals surface area contributed by atoms with Crippen molar-refractivity contribution in [1.29, 1.82) is 0 Å². The lowest BCUT2D eigenvalue weighted by Crippen LogP contribution is -2.04. The second-order valence-corrected chi connectivity index (χ2v) is 5.89. The van der Waals surface area contributed by atoms with Crippen molar-refractivity contribution in [2.75, 3.05) is 0 Å². The molecule has 0 aliphatic carbocycles. The maximum Gasteiger partial charge on any atom is 0.146 e. The van der Waals surface area contributed by atoms with Crippen LogP contribution in [0.15, 0.2) is 40.9 Å². The quantitative estimate of drug-likeness (QED) is 0.776. The van der Waals surface area contributed by atoms with E-state index in [-0.39, 0.29) is 6.04 Å². The largest absolute Gasteiger partial charge is 0.454 e. The molecule has 0 amide bonds. The summed E-state index contributed by atoms with van der Waals surface area (Å²) in [4.78, 5) is 0. The van der Waals surface area contributed by atoms with E-state index in [0.29, 0.717) is 21.5 Å². The average Bonchev–Trinajstić information content (AvgIpc) is 2.34. The summed E-state index contributed by atoms with van der Waals surface area (Å²) in [5.41, 5.74) is 6.76. The molecule has 0 aliphatic rings. The van der Waals surface area contributed by atoms with E-state index >= 15 is 0 Å². The zero-order chi connectivity index (χ0) is 14.0. The van der Waals surface area contributed by atoms with Crippen molar-refractivity contribution in [3.8, 4) is 11.5 Å². The lowest BCUT2D eigenvalue weighted by atomic mass is 10.1. The smallest absolute Gasteiger partial charge is 0.146 e. The van der Waals surface area contributed by atoms with Crippen molar-refractivity contribution < 1.29 is 4.74 Å². The Bertz CT molecular complexity index is 602. The molecule has 0 heterocycles. The second kappa shape index (κ2) is 6.14. The Hall–Kier alpha value is -0.740. The maximum atomic E-state index is 6.17. The molecule has 0 bridgehead atoms. The van der Waals surface area contributed by atoms with E-state index in [1.807, 2.05) is 19.1 Å². The molecule has 2 aromatic rings. The zero-order valence-corrected chi connectivity index (χ0v) is 13.3. The number of nitrogens with two attached hydrogens (primary N) is 1. The van der Waals surface area contributed by atoms with Gasteiger partial charge in [0.05, 0.1) is 10.0 Å². The molecular formula is C14H12BrCl2NO. The van der Waals surface area contributed by atoms with Gasteiger partial charge in [-0.3, -0.25) is 0 Å². The number of halogens is 3. The van der Waals surface area contributed by atoms with E-state index in [0.717, 1.165) is 10.0 Å². The van der Waals surface area contributed by atoms with Gasteiger partial charge in [-0.25, -0.2) is 0 Å². The number of benzene rings is 2. The first-order valence-electron chi connectivity index (χ1n) is 5.65. The van der Waals surface area contributed by atoms with E-state index in [9.17, 15) is 0 Å². The van der Waals surface area contributed by atoms with Crippen LogP contribution < -0.4 is 10.5 Å². The minimum absolute atomic E-state index is 0.0668. The molecule has 19 heavy (non-hydrogen) atoms. The van der Waals surface area contributed by atoms with Crippen LogP contribution in [-0.4, -0.2) is 0 Å². The summed E-state index contributed by atoms with van der Waals surface area (Å²) < 4.78 is 6.60. The van der Waals surface area contributed by atoms with Gasteiger partial charge in [-0.2, -0.15) is 0 Å². The highest BCUT2D eigenvalue weighted by Crippen LogP contribution is 2.35. The van der Waals surface area contributed by atoms with Gasteiger partial charge >= 0.3 is 0 Å². The fraction of sp³-hybridized carbons (Fsp3) is 0.143. The first-order chi connectivity index (χ1) is 8.97. The maximum absolute atomic E-state index is 6.17. The van der Waals surface area contributed by atoms with Crippen molar-refractivity contribution in [3.05, 3.63) is 56.5 Å². The number of rotatable bonds is 3. The lowest BCUT2D eigenvalue weighted by molar-refractivity contribution is 0.482. The summed E-state index contributed by atoms with van der Waals surface area (Å²) in [5.74, 6) is 1.11. The minimum Gasteiger partial charge on any atom is -0.454 e. The summed E-state index contributed by atoms with van der Waals surface area (Å²) in [6, 6.07) is 10.8. The van der Waals surface area contributed by atoms with Crippen LogP contribution in [0.3, 0.4) is 0 Å². The third kappa shape index (κ3) is 3.63. The molecule has 0 spiro atoms. The molecule has 0 saturated carbocycles. The van der Waals surface area contributed by atoms with Gasteiger partial charge in [0.2, 0.25) is 0 Å². The lowest BCUT2D eigenvalue weighted by Gasteiger charge is -2.12. The molecule has 0 aliphatic heterocycles. The second-order valence-electron chi connectivity index (χ2n) is 4.16. The molecule has 0 aromatic heterocycles. The molecule has 5 heteroatoms. The van der Waals surface area contributed by atoms with E-state index in [1.165, 1.54) is 0 Å². The van der Waals surface area contributed by atoms with Crippen LogP contribution in [0.5, 0.6) is 11.5 Å². The molecule has 2 nitrogen and oxygen atoms in total. The van der Waals surface area contributed by atoms with E-state index in [1.54, 1.807) is 24.3 Å². The van der Waals surface area contributed by atoms with Gasteiger partial charge in [0.15, 0.2) is 0 Å². The molecule has 0 radical (unpaired) electrons. The summed E-state index contributed by atoms with van der Waals surface area (Å²) in [6.45, 7) is 1.90. The monoisotopic (exact) mass is 359 g/mol. The Morgan fingerprint density at radius 1 is 1.05 bits per heavy atom. The topological polar surface area (TPSA) is 35.2 Å². The van der Waals surface area contributed by atoms with Gasteiger partial charge in [-0.15, -0.1) is 0 Å². The Labute approximate surface area is 130 Å². The first-order valence-corrected chi connectivity index (χ1v) is 7.20. The fourth-order valence-electron chi connectivity index (χ4n) is 1.56. The Morgan fingerprint density at radius 3 is 2.16 bits per heavy atom. The molecule has 0 fully saturated rings. The molecule has 100 valence electrons. The van der Waals surface area contributed by atoms with Crippen LogP contribution in [0.2, 0.25) is 10.0 Å². The van der Waals surface area contributed by atoms with Gasteiger partial charge < -0.3 is 10.5 Å². The van der Waals surface area contributed by atoms with Crippen molar-refractivity contribution in [3.63, 3.8) is 0 Å². The normalized spacial score (nSPS) is 12.3. The predicted octanol–water partition coefficient (Wildman–Crippen LogP) is 5.57. The highest BCUT2D eigenvalue weighted by molar-refractivity contribution is 9.10. The summed E-state index contributed by atoms with van der Waals surface area (Å²) in [6.07, 6.45) is 0. The van der Waals surface area contributed by atoms with Crippen LogP contribution >= 0.6 is 39.1 Å². The van der Waals surface area contributed by atoms with Crippen LogP contribution in [0.25, 0.3) is 0 Å². The van der Waals surface area contributed by atoms with E-state index in [2.05, 4.69) is 15.9 Å². The van der Waals surface area contributed by atoms with Crippen molar-refractivity contribution >= 4 is 39.1 Å². The molecule has 2 aromatic carbocycles. The van der Waals surface area contributed by atoms with Crippen molar-refractivity contribution in [2.45, 2.75) is 13.0 Å². The average molecular weight is 361 g/mol. The molecule has 2 rings (SSSR count). The molecule has 2 N–H and O–H groups in total. The van der Waals surface area contributed by atoms with Crippen LogP contribution in [0, 0.1) is 0 Å². The molecule has 0 unspecified atom stereocenters. The van der Waals surface area contributed by atoms with Crippen LogP contribution in [-0.2, 0) is 0 Å². The SMILES string of the molecule is C[C@@H](N)c1ccc(Oc2ccc(Br)cc2Cl)c(Cl)c1. The number of hydrogen-bond acceptors (Lipinski definition) is 2. The van der Waals surface area contributed by atoms with E-state index in [4.69, 9.17) is 33.7 Å². The minimum atomic E-state index is -0.0668. The van der Waals surface area contributed by atoms with Gasteiger partial charge in [0, 0.05) is 10.5 Å². The van der Waals surface area contributed by atoms with Gasteiger partial charge in [-0.1, -0.05) is 45.2 Å². The fourth-order valence-corrected chi connectivity index (χ4v) is 2.50. The van der Waals surface area contributed by atoms with Gasteiger partial charge in [0.25, 0.3) is 0 Å². The first kappa shape index (κ1) is 14.7. The molecular weight excluding hydrogens is 349 g/mol. The third-order valence-corrected chi connectivity index (χ3v) is 3.68. The zero-order valence-electron chi connectivity index (χ0n) is 10.2. The van der Waals surface area contributed by atoms with E-state index < -0.39 is 0 Å².